The van der Waals surface area contributed by atoms with E-state index in [9.17, 15) is 9.59 Å². The van der Waals surface area contributed by atoms with Gasteiger partial charge in [-0.05, 0) is 42.8 Å². The molecule has 4 heteroatoms. The molecule has 1 heterocycles. The van der Waals surface area contributed by atoms with E-state index in [1.54, 1.807) is 36.4 Å². The van der Waals surface area contributed by atoms with Crippen molar-refractivity contribution in [3.63, 3.8) is 0 Å². The maximum atomic E-state index is 12.1. The number of carboxylic acids is 1. The van der Waals surface area contributed by atoms with Crippen LogP contribution in [0.25, 0.3) is 23.1 Å². The summed E-state index contributed by atoms with van der Waals surface area (Å²) >= 11 is 0. The maximum Gasteiger partial charge on any atom is 0.335 e. The van der Waals surface area contributed by atoms with Crippen molar-refractivity contribution in [3.05, 3.63) is 81.2 Å². The Bertz CT molecular complexity index is 963. The molecule has 0 atom stereocenters. The molecule has 0 radical (unpaired) electrons. The standard InChI is InChI=1S/C19H14O4/c1-12-2-9-18-16(10-12)17(20)11-15(23-18)8-5-13-3-6-14(7-4-13)19(21)22/h2-11H,1H3,(H,21,22). The third kappa shape index (κ3) is 3.21. The highest BCUT2D eigenvalue weighted by Gasteiger charge is 2.03. The molecule has 3 rings (SSSR count). The van der Waals surface area contributed by atoms with Gasteiger partial charge in [-0.25, -0.2) is 4.79 Å². The molecule has 0 saturated heterocycles. The van der Waals surface area contributed by atoms with Crippen LogP contribution >= 0.6 is 0 Å². The quantitative estimate of drug-likeness (QED) is 0.795. The lowest BCUT2D eigenvalue weighted by atomic mass is 10.1. The van der Waals surface area contributed by atoms with Gasteiger partial charge in [0.05, 0.1) is 10.9 Å². The van der Waals surface area contributed by atoms with Crippen molar-refractivity contribution in [2.45, 2.75) is 6.92 Å². The summed E-state index contributed by atoms with van der Waals surface area (Å²) in [5, 5.41) is 9.43. The molecule has 0 aliphatic carbocycles. The van der Waals surface area contributed by atoms with E-state index in [0.717, 1.165) is 11.1 Å². The number of hydrogen-bond donors (Lipinski definition) is 1. The van der Waals surface area contributed by atoms with E-state index in [2.05, 4.69) is 0 Å². The van der Waals surface area contributed by atoms with Gasteiger partial charge in [0.2, 0.25) is 0 Å². The second kappa shape index (κ2) is 5.93. The second-order valence-corrected chi connectivity index (χ2v) is 5.27. The fourth-order valence-electron chi connectivity index (χ4n) is 2.29. The average Bonchev–Trinajstić information content (AvgIpc) is 2.54. The van der Waals surface area contributed by atoms with Gasteiger partial charge in [-0.3, -0.25) is 4.79 Å². The van der Waals surface area contributed by atoms with Crippen molar-refractivity contribution in [1.29, 1.82) is 0 Å². The molecule has 114 valence electrons. The third-order valence-corrected chi connectivity index (χ3v) is 3.50. The number of carbonyl (C=O) groups is 1. The van der Waals surface area contributed by atoms with E-state index in [1.807, 2.05) is 13.0 Å². The topological polar surface area (TPSA) is 67.5 Å². The molecule has 3 aromatic rings. The van der Waals surface area contributed by atoms with Gasteiger partial charge in [0.15, 0.2) is 5.43 Å². The largest absolute Gasteiger partial charge is 0.478 e. The van der Waals surface area contributed by atoms with Gasteiger partial charge >= 0.3 is 5.97 Å². The van der Waals surface area contributed by atoms with Crippen molar-refractivity contribution < 1.29 is 14.3 Å². The van der Waals surface area contributed by atoms with E-state index in [0.29, 0.717) is 16.7 Å². The highest BCUT2D eigenvalue weighted by Crippen LogP contribution is 2.16. The Morgan fingerprint density at radius 2 is 1.78 bits per heavy atom. The first-order valence-electron chi connectivity index (χ1n) is 7.09. The Hall–Kier alpha value is -3.14. The zero-order chi connectivity index (χ0) is 16.4. The van der Waals surface area contributed by atoms with Crippen LogP contribution in [0, 0.1) is 6.92 Å². The van der Waals surface area contributed by atoms with E-state index in [1.165, 1.54) is 18.2 Å². The van der Waals surface area contributed by atoms with Crippen LogP contribution < -0.4 is 5.43 Å². The van der Waals surface area contributed by atoms with Crippen molar-refractivity contribution in [2.75, 3.05) is 0 Å². The third-order valence-electron chi connectivity index (χ3n) is 3.50. The highest BCUT2D eigenvalue weighted by molar-refractivity contribution is 5.88. The number of aromatic carboxylic acids is 1. The lowest BCUT2D eigenvalue weighted by Crippen LogP contribution is -2.00. The molecular formula is C19H14O4. The van der Waals surface area contributed by atoms with Gasteiger partial charge in [0, 0.05) is 6.07 Å². The Morgan fingerprint density at radius 3 is 2.48 bits per heavy atom. The molecule has 2 aromatic carbocycles. The lowest BCUT2D eigenvalue weighted by molar-refractivity contribution is 0.0697. The van der Waals surface area contributed by atoms with Crippen LogP contribution in [0.1, 0.15) is 27.2 Å². The van der Waals surface area contributed by atoms with E-state index in [-0.39, 0.29) is 11.0 Å². The van der Waals surface area contributed by atoms with Crippen LogP contribution in [-0.4, -0.2) is 11.1 Å². The predicted octanol–water partition coefficient (Wildman–Crippen LogP) is 3.97. The molecule has 0 aliphatic heterocycles. The minimum absolute atomic E-state index is 0.0872. The van der Waals surface area contributed by atoms with E-state index >= 15 is 0 Å². The summed E-state index contributed by atoms with van der Waals surface area (Å²) in [5.74, 6) is -0.509. The normalized spacial score (nSPS) is 11.2. The summed E-state index contributed by atoms with van der Waals surface area (Å²) < 4.78 is 5.70. The summed E-state index contributed by atoms with van der Waals surface area (Å²) in [6, 6.07) is 13.4. The Balaban J connectivity index is 1.93. The van der Waals surface area contributed by atoms with E-state index in [4.69, 9.17) is 9.52 Å². The molecule has 1 aromatic heterocycles. The molecule has 0 aliphatic rings. The smallest absolute Gasteiger partial charge is 0.335 e. The monoisotopic (exact) mass is 306 g/mol. The number of benzene rings is 2. The second-order valence-electron chi connectivity index (χ2n) is 5.27. The van der Waals surface area contributed by atoms with Crippen LogP contribution in [0.5, 0.6) is 0 Å². The fourth-order valence-corrected chi connectivity index (χ4v) is 2.29. The van der Waals surface area contributed by atoms with Gasteiger partial charge in [-0.15, -0.1) is 0 Å². The van der Waals surface area contributed by atoms with Crippen molar-refractivity contribution in [3.8, 4) is 0 Å². The average molecular weight is 306 g/mol. The first-order chi connectivity index (χ1) is 11.0. The summed E-state index contributed by atoms with van der Waals surface area (Å²) in [6.45, 7) is 1.92. The summed E-state index contributed by atoms with van der Waals surface area (Å²) in [7, 11) is 0. The van der Waals surface area contributed by atoms with Gasteiger partial charge in [0.25, 0.3) is 0 Å². The number of rotatable bonds is 3. The van der Waals surface area contributed by atoms with Gasteiger partial charge in [0.1, 0.15) is 11.3 Å². The van der Waals surface area contributed by atoms with Crippen molar-refractivity contribution >= 4 is 29.1 Å². The van der Waals surface area contributed by atoms with Crippen LogP contribution in [0.4, 0.5) is 0 Å². The Morgan fingerprint density at radius 1 is 1.04 bits per heavy atom. The van der Waals surface area contributed by atoms with Crippen LogP contribution in [0.2, 0.25) is 0 Å². The number of aryl methyl sites for hydroxylation is 1. The molecule has 0 fully saturated rings. The first-order valence-corrected chi connectivity index (χ1v) is 7.09. The van der Waals surface area contributed by atoms with E-state index < -0.39 is 5.97 Å². The van der Waals surface area contributed by atoms with Crippen LogP contribution in [0.3, 0.4) is 0 Å². The lowest BCUT2D eigenvalue weighted by Gasteiger charge is -2.00. The molecule has 0 saturated carbocycles. The van der Waals surface area contributed by atoms with Gasteiger partial charge in [-0.1, -0.05) is 29.8 Å². The predicted molar refractivity (Wildman–Crippen MR) is 89.6 cm³/mol. The Kier molecular flexibility index (Phi) is 3.81. The van der Waals surface area contributed by atoms with Crippen LogP contribution in [0.15, 0.2) is 57.7 Å². The fraction of sp³-hybridized carbons (Fsp3) is 0.0526. The molecular weight excluding hydrogens is 292 g/mol. The number of hydrogen-bond acceptors (Lipinski definition) is 3. The van der Waals surface area contributed by atoms with Crippen molar-refractivity contribution in [2.24, 2.45) is 0 Å². The van der Waals surface area contributed by atoms with Gasteiger partial charge in [-0.2, -0.15) is 0 Å². The maximum absolute atomic E-state index is 12.1. The zero-order valence-electron chi connectivity index (χ0n) is 12.4. The molecule has 23 heavy (non-hydrogen) atoms. The molecule has 1 N–H and O–H groups in total. The van der Waals surface area contributed by atoms with Crippen LogP contribution in [-0.2, 0) is 0 Å². The van der Waals surface area contributed by atoms with Crippen molar-refractivity contribution in [1.82, 2.24) is 0 Å². The SMILES string of the molecule is Cc1ccc2oc(C=Cc3ccc(C(=O)O)cc3)cc(=O)c2c1. The molecule has 0 amide bonds. The summed E-state index contributed by atoms with van der Waals surface area (Å²) in [6.07, 6.45) is 3.46. The highest BCUT2D eigenvalue weighted by atomic mass is 16.4. The number of carboxylic acid groups (broad SMARTS) is 1. The zero-order valence-corrected chi connectivity index (χ0v) is 12.4. The molecule has 4 nitrogen and oxygen atoms in total. The number of fused-ring (bicyclic) bond motifs is 1. The minimum atomic E-state index is -0.962. The first kappa shape index (κ1) is 14.8. The minimum Gasteiger partial charge on any atom is -0.478 e. The summed E-state index contributed by atoms with van der Waals surface area (Å²) in [4.78, 5) is 22.9. The summed E-state index contributed by atoms with van der Waals surface area (Å²) in [5.41, 5.74) is 2.52. The molecule has 0 bridgehead atoms. The van der Waals surface area contributed by atoms with Gasteiger partial charge < -0.3 is 9.52 Å². The molecule has 0 spiro atoms. The molecule has 0 unspecified atom stereocenters. The Labute approximate surface area is 132 Å².